The molecule has 7 nitrogen and oxygen atoms in total. The van der Waals surface area contributed by atoms with Crippen molar-refractivity contribution in [2.45, 2.75) is 52.5 Å². The number of nitrogens with two attached hydrogens (primary N) is 2. The molecule has 0 radical (unpaired) electrons. The average Bonchev–Trinajstić information content (AvgIpc) is 3.62. The number of carbonyl (C=O) groups is 2. The Morgan fingerprint density at radius 1 is 1.29 bits per heavy atom. The summed E-state index contributed by atoms with van der Waals surface area (Å²) in [6, 6.07) is 3.94. The Morgan fingerprint density at radius 3 is 2.66 bits per heavy atom. The smallest absolute Gasteiger partial charge is 0.263 e. The van der Waals surface area contributed by atoms with Gasteiger partial charge in [0.2, 0.25) is 5.91 Å². The van der Waals surface area contributed by atoms with Gasteiger partial charge in [0, 0.05) is 57.1 Å². The van der Waals surface area contributed by atoms with E-state index in [0.717, 1.165) is 29.4 Å². The predicted octanol–water partition coefficient (Wildman–Crippen LogP) is 4.22. The van der Waals surface area contributed by atoms with Gasteiger partial charge in [0.15, 0.2) is 0 Å². The van der Waals surface area contributed by atoms with Crippen LogP contribution in [0.1, 0.15) is 60.3 Å². The van der Waals surface area contributed by atoms with E-state index in [0.29, 0.717) is 47.2 Å². The van der Waals surface area contributed by atoms with E-state index in [1.54, 1.807) is 9.80 Å². The Labute approximate surface area is 210 Å². The first-order valence-electron chi connectivity index (χ1n) is 12.2. The molecule has 0 unspecified atom stereocenters. The van der Waals surface area contributed by atoms with E-state index in [1.165, 1.54) is 28.7 Å². The van der Waals surface area contributed by atoms with E-state index in [1.807, 2.05) is 46.0 Å². The summed E-state index contributed by atoms with van der Waals surface area (Å²) in [5, 5.41) is 2.14. The molecule has 4 rings (SSSR count). The molecule has 1 aromatic carbocycles. The number of hydrogen-bond donors (Lipinski definition) is 2. The van der Waals surface area contributed by atoms with Crippen LogP contribution in [0.5, 0.6) is 0 Å². The van der Waals surface area contributed by atoms with E-state index in [-0.39, 0.29) is 24.1 Å². The van der Waals surface area contributed by atoms with Gasteiger partial charge >= 0.3 is 0 Å². The zero-order valence-corrected chi connectivity index (χ0v) is 21.8. The van der Waals surface area contributed by atoms with Crippen LogP contribution in [-0.4, -0.2) is 59.3 Å². The largest absolute Gasteiger partial charge is 0.403 e. The zero-order chi connectivity index (χ0) is 25.7. The number of hydrogen-bond acceptors (Lipinski definition) is 6. The van der Waals surface area contributed by atoms with Gasteiger partial charge in [0.25, 0.3) is 5.91 Å². The molecule has 2 amide bonds. The fraction of sp³-hybridized carbons (Fsp3) is 0.462. The summed E-state index contributed by atoms with van der Waals surface area (Å²) in [7, 11) is 1.81. The van der Waals surface area contributed by atoms with Crippen LogP contribution in [-0.2, 0) is 4.79 Å². The standard InChI is InChI=1S/C24H30FN5O2S.C2H6/c1-15-12-19(16-4-3-9-29(14-16)21(31)7-10-30(27)11-8-26)22(25)23-18(15)13-20(33-23)24(32)28(2)17-5-6-17;1-2/h4,8,11-13,17H,3,5-7,9-10,14,26-27H2,1-2H3;1-2H3/b11-8-;. The molecule has 0 atom stereocenters. The highest BCUT2D eigenvalue weighted by molar-refractivity contribution is 7.20. The fourth-order valence-electron chi connectivity index (χ4n) is 4.19. The van der Waals surface area contributed by atoms with E-state index in [4.69, 9.17) is 11.6 Å². The van der Waals surface area contributed by atoms with Gasteiger partial charge in [-0.2, -0.15) is 0 Å². The lowest BCUT2D eigenvalue weighted by molar-refractivity contribution is -0.130. The van der Waals surface area contributed by atoms with Crippen molar-refractivity contribution in [2.24, 2.45) is 11.6 Å². The third kappa shape index (κ3) is 6.02. The first kappa shape index (κ1) is 26.7. The maximum absolute atomic E-state index is 15.6. The summed E-state index contributed by atoms with van der Waals surface area (Å²) < 4.78 is 16.1. The Hall–Kier alpha value is -2.91. The van der Waals surface area contributed by atoms with Crippen LogP contribution in [0.3, 0.4) is 0 Å². The second-order valence-corrected chi connectivity index (χ2v) is 9.77. The lowest BCUT2D eigenvalue weighted by Crippen LogP contribution is -2.38. The van der Waals surface area contributed by atoms with Crippen LogP contribution >= 0.6 is 11.3 Å². The van der Waals surface area contributed by atoms with Crippen molar-refractivity contribution in [1.29, 1.82) is 0 Å². The number of halogens is 1. The van der Waals surface area contributed by atoms with Gasteiger partial charge in [-0.05, 0) is 54.8 Å². The van der Waals surface area contributed by atoms with Crippen molar-refractivity contribution in [1.82, 2.24) is 14.8 Å². The molecule has 0 saturated heterocycles. The molecule has 2 aliphatic rings. The van der Waals surface area contributed by atoms with E-state index in [9.17, 15) is 9.59 Å². The molecule has 1 aliphatic carbocycles. The molecule has 1 saturated carbocycles. The molecule has 9 heteroatoms. The Morgan fingerprint density at radius 2 is 2.00 bits per heavy atom. The molecule has 35 heavy (non-hydrogen) atoms. The molecule has 1 fully saturated rings. The average molecular weight is 502 g/mol. The molecular formula is C26H36FN5O2S. The molecule has 0 spiro atoms. The van der Waals surface area contributed by atoms with Gasteiger partial charge in [-0.3, -0.25) is 9.59 Å². The van der Waals surface area contributed by atoms with Crippen LogP contribution < -0.4 is 11.6 Å². The number of nitrogens with zero attached hydrogens (tertiary/aromatic N) is 3. The fourth-order valence-corrected chi connectivity index (χ4v) is 5.34. The van der Waals surface area contributed by atoms with Crippen molar-refractivity contribution in [3.63, 3.8) is 0 Å². The van der Waals surface area contributed by atoms with Crippen molar-refractivity contribution >= 4 is 38.8 Å². The minimum absolute atomic E-state index is 0.0354. The summed E-state index contributed by atoms with van der Waals surface area (Å²) >= 11 is 1.21. The molecule has 1 aliphatic heterocycles. The number of rotatable bonds is 7. The van der Waals surface area contributed by atoms with Gasteiger partial charge < -0.3 is 20.5 Å². The summed E-state index contributed by atoms with van der Waals surface area (Å²) in [5.41, 5.74) is 7.53. The third-order valence-corrected chi connectivity index (χ3v) is 7.41. The number of amides is 2. The normalized spacial score (nSPS) is 15.6. The molecule has 2 heterocycles. The maximum Gasteiger partial charge on any atom is 0.263 e. The van der Waals surface area contributed by atoms with Crippen LogP contribution in [0, 0.1) is 12.7 Å². The number of benzene rings is 1. The second-order valence-electron chi connectivity index (χ2n) is 8.72. The SMILES string of the molecule is CC.Cc1cc(C2=CCCN(C(=O)CCN(N)/C=C\N)C2)c(F)c2sc(C(=O)N(C)C3CC3)cc12. The Bertz CT molecular complexity index is 1140. The van der Waals surface area contributed by atoms with Crippen molar-refractivity contribution < 1.29 is 14.0 Å². The monoisotopic (exact) mass is 501 g/mol. The van der Waals surface area contributed by atoms with Gasteiger partial charge in [0.1, 0.15) is 5.82 Å². The molecule has 2 aromatic rings. The third-order valence-electron chi connectivity index (χ3n) is 6.29. The number of aryl methyl sites for hydroxylation is 1. The highest BCUT2D eigenvalue weighted by Crippen LogP contribution is 2.37. The molecule has 4 N–H and O–H groups in total. The molecule has 0 bridgehead atoms. The van der Waals surface area contributed by atoms with Gasteiger partial charge in [-0.1, -0.05) is 19.9 Å². The highest BCUT2D eigenvalue weighted by Gasteiger charge is 2.31. The number of fused-ring (bicyclic) bond motifs is 1. The summed E-state index contributed by atoms with van der Waals surface area (Å²) in [5.74, 6) is 5.33. The van der Waals surface area contributed by atoms with E-state index >= 15 is 4.39 Å². The minimum Gasteiger partial charge on any atom is -0.403 e. The summed E-state index contributed by atoms with van der Waals surface area (Å²) in [6.07, 6.45) is 7.79. The summed E-state index contributed by atoms with van der Waals surface area (Å²) in [6.45, 7) is 7.22. The van der Waals surface area contributed by atoms with E-state index < -0.39 is 0 Å². The minimum atomic E-state index is -0.324. The topological polar surface area (TPSA) is 95.9 Å². The predicted molar refractivity (Wildman–Crippen MR) is 141 cm³/mol. The van der Waals surface area contributed by atoms with Gasteiger partial charge in [0.05, 0.1) is 9.58 Å². The highest BCUT2D eigenvalue weighted by atomic mass is 32.1. The Kier molecular flexibility index (Phi) is 8.91. The van der Waals surface area contributed by atoms with Gasteiger partial charge in [-0.25, -0.2) is 10.2 Å². The van der Waals surface area contributed by atoms with Crippen LogP contribution in [0.25, 0.3) is 15.7 Å². The van der Waals surface area contributed by atoms with E-state index in [2.05, 4.69) is 0 Å². The zero-order valence-electron chi connectivity index (χ0n) is 21.0. The van der Waals surface area contributed by atoms with Crippen molar-refractivity contribution in [3.05, 3.63) is 52.4 Å². The van der Waals surface area contributed by atoms with Crippen LogP contribution in [0.4, 0.5) is 4.39 Å². The Balaban J connectivity index is 0.00000167. The first-order valence-corrected chi connectivity index (χ1v) is 13.0. The van der Waals surface area contributed by atoms with Crippen LogP contribution in [0.15, 0.2) is 30.6 Å². The van der Waals surface area contributed by atoms with Crippen molar-refractivity contribution in [2.75, 3.05) is 26.7 Å². The number of thiophene rings is 1. The van der Waals surface area contributed by atoms with Gasteiger partial charge in [-0.15, -0.1) is 11.3 Å². The quantitative estimate of drug-likeness (QED) is 0.437. The maximum atomic E-state index is 15.6. The number of hydrazine groups is 1. The first-order chi connectivity index (χ1) is 16.8. The number of carbonyl (C=O) groups excluding carboxylic acids is 2. The lowest BCUT2D eigenvalue weighted by atomic mass is 9.97. The second kappa shape index (κ2) is 11.7. The summed E-state index contributed by atoms with van der Waals surface area (Å²) in [4.78, 5) is 29.5. The lowest BCUT2D eigenvalue weighted by Gasteiger charge is -2.28. The van der Waals surface area contributed by atoms with Crippen molar-refractivity contribution in [3.8, 4) is 0 Å². The molecular weight excluding hydrogens is 465 g/mol. The molecule has 1 aromatic heterocycles. The molecule has 190 valence electrons. The van der Waals surface area contributed by atoms with Crippen LogP contribution in [0.2, 0.25) is 0 Å².